The molecule has 0 N–H and O–H groups in total. The quantitative estimate of drug-likeness (QED) is 0.163. The van der Waals surface area contributed by atoms with Crippen LogP contribution in [-0.4, -0.2) is 15.0 Å². The summed E-state index contributed by atoms with van der Waals surface area (Å²) in [6.07, 6.45) is 0. The average Bonchev–Trinajstić information content (AvgIpc) is 3.70. The van der Waals surface area contributed by atoms with Gasteiger partial charge in [-0.3, -0.25) is 0 Å². The SMILES string of the molecule is c1ccc(-c2ccc(-c3nc(-c4cccc(-c5ccc(-c6ccc7oc8ccccc8c7c6)c6ccccc56)c4)nc(-c4ccccc4-c4ccccc4)n3)cc2)cc1. The second kappa shape index (κ2) is 14.5. The highest BCUT2D eigenvalue weighted by atomic mass is 16.3. The smallest absolute Gasteiger partial charge is 0.164 e. The van der Waals surface area contributed by atoms with Crippen molar-refractivity contribution in [2.75, 3.05) is 0 Å². The summed E-state index contributed by atoms with van der Waals surface area (Å²) in [6.45, 7) is 0. The molecule has 0 radical (unpaired) electrons. The van der Waals surface area contributed by atoms with Gasteiger partial charge in [-0.25, -0.2) is 15.0 Å². The first-order chi connectivity index (χ1) is 29.2. The third-order valence-electron chi connectivity index (χ3n) is 11.2. The second-order valence-corrected chi connectivity index (χ2v) is 14.8. The van der Waals surface area contributed by atoms with Gasteiger partial charge in [0.2, 0.25) is 0 Å². The van der Waals surface area contributed by atoms with Crippen LogP contribution in [0.2, 0.25) is 0 Å². The Bertz CT molecular complexity index is 3320. The summed E-state index contributed by atoms with van der Waals surface area (Å²) in [5.74, 6) is 1.86. The van der Waals surface area contributed by atoms with Gasteiger partial charge in [0.1, 0.15) is 11.2 Å². The highest BCUT2D eigenvalue weighted by Crippen LogP contribution is 2.40. The Labute approximate surface area is 341 Å². The zero-order valence-corrected chi connectivity index (χ0v) is 32.0. The number of para-hydroxylation sites is 1. The van der Waals surface area contributed by atoms with Gasteiger partial charge in [-0.15, -0.1) is 0 Å². The molecule has 0 aliphatic carbocycles. The molecule has 9 aromatic carbocycles. The fourth-order valence-corrected chi connectivity index (χ4v) is 8.27. The average molecular weight is 754 g/mol. The van der Waals surface area contributed by atoms with Crippen LogP contribution < -0.4 is 0 Å². The highest BCUT2D eigenvalue weighted by molar-refractivity contribution is 6.09. The summed E-state index contributed by atoms with van der Waals surface area (Å²) < 4.78 is 6.15. The Morgan fingerprint density at radius 1 is 0.237 bits per heavy atom. The summed E-state index contributed by atoms with van der Waals surface area (Å²) in [4.78, 5) is 15.5. The number of aromatic nitrogens is 3. The van der Waals surface area contributed by atoms with Crippen LogP contribution in [0.3, 0.4) is 0 Å². The van der Waals surface area contributed by atoms with E-state index in [2.05, 4.69) is 182 Å². The van der Waals surface area contributed by atoms with Crippen LogP contribution in [0.25, 0.3) is 111 Å². The van der Waals surface area contributed by atoms with Crippen LogP contribution in [0.15, 0.2) is 217 Å². The summed E-state index contributed by atoms with van der Waals surface area (Å²) in [6, 6.07) is 74.1. The topological polar surface area (TPSA) is 51.8 Å². The van der Waals surface area contributed by atoms with Gasteiger partial charge in [0.05, 0.1) is 0 Å². The summed E-state index contributed by atoms with van der Waals surface area (Å²) in [7, 11) is 0. The molecule has 2 heterocycles. The molecule has 0 atom stereocenters. The lowest BCUT2D eigenvalue weighted by Gasteiger charge is -2.14. The fourth-order valence-electron chi connectivity index (χ4n) is 8.27. The number of rotatable bonds is 7. The lowest BCUT2D eigenvalue weighted by Crippen LogP contribution is -2.01. The van der Waals surface area contributed by atoms with E-state index in [9.17, 15) is 0 Å². The molecule has 4 nitrogen and oxygen atoms in total. The van der Waals surface area contributed by atoms with Gasteiger partial charge in [0.15, 0.2) is 17.5 Å². The number of hydrogen-bond donors (Lipinski definition) is 0. The van der Waals surface area contributed by atoms with E-state index < -0.39 is 0 Å². The second-order valence-electron chi connectivity index (χ2n) is 14.8. The first-order valence-electron chi connectivity index (χ1n) is 19.8. The van der Waals surface area contributed by atoms with Crippen molar-refractivity contribution >= 4 is 32.7 Å². The minimum Gasteiger partial charge on any atom is -0.456 e. The first-order valence-corrected chi connectivity index (χ1v) is 19.8. The molecule has 11 rings (SSSR count). The van der Waals surface area contributed by atoms with Crippen molar-refractivity contribution < 1.29 is 4.42 Å². The molecule has 0 fully saturated rings. The molecule has 0 aliphatic rings. The van der Waals surface area contributed by atoms with Crippen LogP contribution >= 0.6 is 0 Å². The van der Waals surface area contributed by atoms with Crippen LogP contribution in [0.1, 0.15) is 0 Å². The molecule has 0 spiro atoms. The van der Waals surface area contributed by atoms with Crippen molar-refractivity contribution in [1.29, 1.82) is 0 Å². The van der Waals surface area contributed by atoms with Crippen molar-refractivity contribution in [2.24, 2.45) is 0 Å². The molecular weight excluding hydrogens is 719 g/mol. The monoisotopic (exact) mass is 753 g/mol. The van der Waals surface area contributed by atoms with E-state index in [1.54, 1.807) is 0 Å². The van der Waals surface area contributed by atoms with Crippen molar-refractivity contribution in [2.45, 2.75) is 0 Å². The van der Waals surface area contributed by atoms with Gasteiger partial charge in [0.25, 0.3) is 0 Å². The third-order valence-corrected chi connectivity index (χ3v) is 11.2. The normalized spacial score (nSPS) is 11.4. The number of benzene rings is 9. The van der Waals surface area contributed by atoms with Crippen LogP contribution in [0.4, 0.5) is 0 Å². The predicted molar refractivity (Wildman–Crippen MR) is 243 cm³/mol. The molecule has 0 unspecified atom stereocenters. The molecule has 0 saturated carbocycles. The lowest BCUT2D eigenvalue weighted by molar-refractivity contribution is 0.669. The van der Waals surface area contributed by atoms with E-state index in [-0.39, 0.29) is 0 Å². The van der Waals surface area contributed by atoms with Crippen molar-refractivity contribution in [3.63, 3.8) is 0 Å². The fraction of sp³-hybridized carbons (Fsp3) is 0. The van der Waals surface area contributed by atoms with Crippen LogP contribution in [0, 0.1) is 0 Å². The molecule has 11 aromatic rings. The van der Waals surface area contributed by atoms with E-state index in [4.69, 9.17) is 19.4 Å². The maximum absolute atomic E-state index is 6.15. The first kappa shape index (κ1) is 34.3. The predicted octanol–water partition coefficient (Wildman–Crippen LogP) is 14.6. The Kier molecular flexibility index (Phi) is 8.45. The molecule has 59 heavy (non-hydrogen) atoms. The Hall–Kier alpha value is -7.95. The van der Waals surface area contributed by atoms with Gasteiger partial charge in [0, 0.05) is 27.5 Å². The minimum absolute atomic E-state index is 0.614. The van der Waals surface area contributed by atoms with Crippen molar-refractivity contribution in [3.8, 4) is 78.7 Å². The molecule has 0 amide bonds. The van der Waals surface area contributed by atoms with E-state index in [0.717, 1.165) is 77.6 Å². The van der Waals surface area contributed by atoms with Gasteiger partial charge < -0.3 is 4.42 Å². The van der Waals surface area contributed by atoms with E-state index in [1.165, 1.54) is 16.3 Å². The molecule has 0 bridgehead atoms. The maximum atomic E-state index is 6.15. The van der Waals surface area contributed by atoms with Gasteiger partial charge in [-0.2, -0.15) is 0 Å². The summed E-state index contributed by atoms with van der Waals surface area (Å²) in [5.41, 5.74) is 13.6. The molecule has 4 heteroatoms. The van der Waals surface area contributed by atoms with Gasteiger partial charge >= 0.3 is 0 Å². The maximum Gasteiger partial charge on any atom is 0.164 e. The Balaban J connectivity index is 1.03. The minimum atomic E-state index is 0.614. The Morgan fingerprint density at radius 3 is 1.44 bits per heavy atom. The van der Waals surface area contributed by atoms with E-state index >= 15 is 0 Å². The number of hydrogen-bond acceptors (Lipinski definition) is 4. The van der Waals surface area contributed by atoms with E-state index in [0.29, 0.717) is 17.5 Å². The summed E-state index contributed by atoms with van der Waals surface area (Å²) >= 11 is 0. The molecule has 0 saturated heterocycles. The third kappa shape index (κ3) is 6.34. The zero-order chi connectivity index (χ0) is 39.1. The number of furan rings is 1. The standard InChI is InChI=1S/C55H35N3O/c1-3-14-36(15-4-1)37-26-28-39(29-27-37)53-56-54(58-55(57-53)49-24-10-7-20-43(49)38-16-5-2-6-17-38)42-19-13-18-40(34-42)44-31-32-45(47-22-9-8-21-46(44)47)41-30-33-52-50(35-41)48-23-11-12-25-51(48)59-52/h1-35H. The number of nitrogens with zero attached hydrogens (tertiary/aromatic N) is 3. The highest BCUT2D eigenvalue weighted by Gasteiger charge is 2.18. The van der Waals surface area contributed by atoms with Gasteiger partial charge in [-0.1, -0.05) is 188 Å². The molecule has 2 aromatic heterocycles. The van der Waals surface area contributed by atoms with Gasteiger partial charge in [-0.05, 0) is 79.5 Å². The largest absolute Gasteiger partial charge is 0.456 e. The van der Waals surface area contributed by atoms with Crippen molar-refractivity contribution in [1.82, 2.24) is 15.0 Å². The van der Waals surface area contributed by atoms with Crippen molar-refractivity contribution in [3.05, 3.63) is 212 Å². The van der Waals surface area contributed by atoms with Crippen LogP contribution in [-0.2, 0) is 0 Å². The summed E-state index contributed by atoms with van der Waals surface area (Å²) in [5, 5.41) is 4.60. The zero-order valence-electron chi connectivity index (χ0n) is 32.0. The molecule has 0 aliphatic heterocycles. The Morgan fingerprint density at radius 2 is 0.712 bits per heavy atom. The lowest BCUT2D eigenvalue weighted by atomic mass is 9.91. The van der Waals surface area contributed by atoms with Crippen LogP contribution in [0.5, 0.6) is 0 Å². The number of fused-ring (bicyclic) bond motifs is 4. The van der Waals surface area contributed by atoms with E-state index in [1.807, 2.05) is 30.3 Å². The molecule has 276 valence electrons. The molecular formula is C55H35N3O.